The third-order valence-corrected chi connectivity index (χ3v) is 5.93. The minimum Gasteiger partial charge on any atom is -0.508 e. The van der Waals surface area contributed by atoms with Crippen molar-refractivity contribution < 1.29 is 23.1 Å². The molecule has 1 aliphatic heterocycles. The molecular formula is C21H20F3NO2. The largest absolute Gasteiger partial charge is 0.508 e. The highest BCUT2D eigenvalue weighted by atomic mass is 19.4. The number of anilines is 1. The van der Waals surface area contributed by atoms with Gasteiger partial charge in [0.15, 0.2) is 0 Å². The highest BCUT2D eigenvalue weighted by Crippen LogP contribution is 2.54. The number of halogens is 3. The van der Waals surface area contributed by atoms with Crippen LogP contribution in [0.1, 0.15) is 48.8 Å². The molecule has 1 saturated carbocycles. The highest BCUT2D eigenvalue weighted by Gasteiger charge is 2.55. The number of para-hydroxylation sites is 1. The van der Waals surface area contributed by atoms with Gasteiger partial charge in [-0.2, -0.15) is 13.2 Å². The standard InChI is InChI=1S/C21H20F3NO2/c22-21(23,24)17-8-4-7-16-18(17)25-19(27)20(16,13-5-2-1-3-6-13)14-9-11-15(26)12-10-14/h4,7-13,26H,1-3,5-6H2,(H,25,27). The summed E-state index contributed by atoms with van der Waals surface area (Å²) in [6, 6.07) is 10.3. The van der Waals surface area contributed by atoms with E-state index in [2.05, 4.69) is 5.32 Å². The number of alkyl halides is 3. The Balaban J connectivity index is 1.98. The lowest BCUT2D eigenvalue weighted by atomic mass is 9.62. The average molecular weight is 375 g/mol. The molecule has 0 saturated heterocycles. The van der Waals surface area contributed by atoms with Gasteiger partial charge in [0.05, 0.1) is 11.3 Å². The molecule has 1 unspecified atom stereocenters. The summed E-state index contributed by atoms with van der Waals surface area (Å²) in [6.45, 7) is 0. The molecule has 2 aromatic rings. The molecule has 2 N–H and O–H groups in total. The zero-order valence-corrected chi connectivity index (χ0v) is 14.6. The van der Waals surface area contributed by atoms with Crippen LogP contribution in [-0.2, 0) is 16.4 Å². The molecule has 0 aromatic heterocycles. The molecule has 3 nitrogen and oxygen atoms in total. The lowest BCUT2D eigenvalue weighted by molar-refractivity contribution is -0.136. The van der Waals surface area contributed by atoms with Crippen LogP contribution in [0.2, 0.25) is 0 Å². The van der Waals surface area contributed by atoms with Gasteiger partial charge in [-0.3, -0.25) is 4.79 Å². The predicted octanol–water partition coefficient (Wildman–Crippen LogP) is 5.23. The van der Waals surface area contributed by atoms with Crippen molar-refractivity contribution in [2.75, 3.05) is 5.32 Å². The van der Waals surface area contributed by atoms with E-state index in [0.29, 0.717) is 11.1 Å². The van der Waals surface area contributed by atoms with Crippen molar-refractivity contribution >= 4 is 11.6 Å². The Morgan fingerprint density at radius 3 is 2.30 bits per heavy atom. The van der Waals surface area contributed by atoms with Crippen LogP contribution in [0.3, 0.4) is 0 Å². The number of rotatable bonds is 2. The Kier molecular flexibility index (Phi) is 4.17. The first kappa shape index (κ1) is 17.9. The smallest absolute Gasteiger partial charge is 0.418 e. The summed E-state index contributed by atoms with van der Waals surface area (Å²) >= 11 is 0. The van der Waals surface area contributed by atoms with Gasteiger partial charge in [0.25, 0.3) is 0 Å². The second-order valence-corrected chi connectivity index (χ2v) is 7.37. The average Bonchev–Trinajstić information content (AvgIpc) is 2.95. The van der Waals surface area contributed by atoms with E-state index in [1.165, 1.54) is 18.2 Å². The molecule has 0 spiro atoms. The third kappa shape index (κ3) is 2.69. The summed E-state index contributed by atoms with van der Waals surface area (Å²) in [4.78, 5) is 13.3. The van der Waals surface area contributed by atoms with Crippen LogP contribution >= 0.6 is 0 Å². The van der Waals surface area contributed by atoms with Gasteiger partial charge in [0, 0.05) is 0 Å². The predicted molar refractivity (Wildman–Crippen MR) is 95.5 cm³/mol. The minimum absolute atomic E-state index is 0.0558. The monoisotopic (exact) mass is 375 g/mol. The molecule has 2 aliphatic rings. The van der Waals surface area contributed by atoms with Crippen LogP contribution in [0.25, 0.3) is 0 Å². The quantitative estimate of drug-likeness (QED) is 0.755. The van der Waals surface area contributed by atoms with E-state index in [1.807, 2.05) is 0 Å². The van der Waals surface area contributed by atoms with E-state index >= 15 is 0 Å². The molecule has 4 rings (SSSR count). The second kappa shape index (κ2) is 6.29. The van der Waals surface area contributed by atoms with Crippen LogP contribution < -0.4 is 5.32 Å². The number of fused-ring (bicyclic) bond motifs is 1. The molecule has 1 fully saturated rings. The summed E-state index contributed by atoms with van der Waals surface area (Å²) in [7, 11) is 0. The van der Waals surface area contributed by atoms with Crippen molar-refractivity contribution in [2.24, 2.45) is 5.92 Å². The van der Waals surface area contributed by atoms with Crippen LogP contribution in [0.15, 0.2) is 42.5 Å². The van der Waals surface area contributed by atoms with Gasteiger partial charge >= 0.3 is 6.18 Å². The van der Waals surface area contributed by atoms with Gasteiger partial charge < -0.3 is 10.4 Å². The fourth-order valence-electron chi connectivity index (χ4n) is 4.77. The first-order chi connectivity index (χ1) is 12.8. The minimum atomic E-state index is -4.55. The maximum Gasteiger partial charge on any atom is 0.418 e. The highest BCUT2D eigenvalue weighted by molar-refractivity contribution is 6.09. The van der Waals surface area contributed by atoms with Gasteiger partial charge in [-0.05, 0) is 48.1 Å². The third-order valence-electron chi connectivity index (χ3n) is 5.93. The van der Waals surface area contributed by atoms with Gasteiger partial charge in [0.2, 0.25) is 5.91 Å². The van der Waals surface area contributed by atoms with Crippen molar-refractivity contribution in [1.29, 1.82) is 0 Å². The summed E-state index contributed by atoms with van der Waals surface area (Å²) in [5, 5.41) is 12.2. The number of nitrogens with one attached hydrogen (secondary N) is 1. The molecule has 1 heterocycles. The van der Waals surface area contributed by atoms with E-state index < -0.39 is 23.1 Å². The molecule has 142 valence electrons. The SMILES string of the molecule is O=C1Nc2c(C(F)(F)F)cccc2C1(c1ccc(O)cc1)C1CCCCC1. The van der Waals surface area contributed by atoms with E-state index in [-0.39, 0.29) is 17.4 Å². The Morgan fingerprint density at radius 2 is 1.67 bits per heavy atom. The lowest BCUT2D eigenvalue weighted by Gasteiger charge is -2.39. The molecule has 6 heteroatoms. The molecule has 2 aromatic carbocycles. The molecule has 0 bridgehead atoms. The fraction of sp³-hybridized carbons (Fsp3) is 0.381. The van der Waals surface area contributed by atoms with Gasteiger partial charge in [-0.1, -0.05) is 43.5 Å². The Labute approximate surface area is 155 Å². The lowest BCUT2D eigenvalue weighted by Crippen LogP contribution is -2.43. The van der Waals surface area contributed by atoms with E-state index in [4.69, 9.17) is 0 Å². The second-order valence-electron chi connectivity index (χ2n) is 7.37. The Bertz CT molecular complexity index is 870. The van der Waals surface area contributed by atoms with Crippen molar-refractivity contribution in [3.63, 3.8) is 0 Å². The van der Waals surface area contributed by atoms with Crippen LogP contribution in [0, 0.1) is 5.92 Å². The number of amides is 1. The molecule has 0 radical (unpaired) electrons. The van der Waals surface area contributed by atoms with Gasteiger partial charge in [-0.25, -0.2) is 0 Å². The maximum atomic E-state index is 13.5. The van der Waals surface area contributed by atoms with Crippen LogP contribution in [0.4, 0.5) is 18.9 Å². The summed E-state index contributed by atoms with van der Waals surface area (Å²) in [6.07, 6.45) is -0.0123. The number of phenols is 1. The van der Waals surface area contributed by atoms with Crippen LogP contribution in [0.5, 0.6) is 5.75 Å². The Morgan fingerprint density at radius 1 is 1.00 bits per heavy atom. The van der Waals surface area contributed by atoms with E-state index in [9.17, 15) is 23.1 Å². The normalized spacial score (nSPS) is 23.1. The molecule has 1 amide bonds. The number of hydrogen-bond acceptors (Lipinski definition) is 2. The van der Waals surface area contributed by atoms with Gasteiger partial charge in [-0.15, -0.1) is 0 Å². The first-order valence-electron chi connectivity index (χ1n) is 9.17. The molecule has 1 atom stereocenters. The first-order valence-corrected chi connectivity index (χ1v) is 9.17. The summed E-state index contributed by atoms with van der Waals surface area (Å²) in [5.41, 5.74) is -1.09. The maximum absolute atomic E-state index is 13.5. The number of phenolic OH excluding ortho intramolecular Hbond substituents is 1. The number of benzene rings is 2. The number of aromatic hydroxyl groups is 1. The number of hydrogen-bond donors (Lipinski definition) is 2. The fourth-order valence-corrected chi connectivity index (χ4v) is 4.77. The zero-order chi connectivity index (χ0) is 19.2. The van der Waals surface area contributed by atoms with Crippen molar-refractivity contribution in [2.45, 2.75) is 43.7 Å². The van der Waals surface area contributed by atoms with Gasteiger partial charge in [0.1, 0.15) is 11.2 Å². The topological polar surface area (TPSA) is 49.3 Å². The van der Waals surface area contributed by atoms with Crippen molar-refractivity contribution in [3.05, 3.63) is 59.2 Å². The number of carbonyl (C=O) groups excluding carboxylic acids is 1. The molecular weight excluding hydrogens is 355 g/mol. The van der Waals surface area contributed by atoms with Crippen molar-refractivity contribution in [1.82, 2.24) is 0 Å². The molecule has 27 heavy (non-hydrogen) atoms. The van der Waals surface area contributed by atoms with Crippen LogP contribution in [-0.4, -0.2) is 11.0 Å². The van der Waals surface area contributed by atoms with E-state index in [1.54, 1.807) is 18.2 Å². The van der Waals surface area contributed by atoms with E-state index in [0.717, 1.165) is 38.2 Å². The summed E-state index contributed by atoms with van der Waals surface area (Å²) < 4.78 is 40.6. The molecule has 1 aliphatic carbocycles. The number of carbonyl (C=O) groups is 1. The summed E-state index contributed by atoms with van der Waals surface area (Å²) in [5.74, 6) is -0.437. The zero-order valence-electron chi connectivity index (χ0n) is 14.6. The van der Waals surface area contributed by atoms with Crippen molar-refractivity contribution in [3.8, 4) is 5.75 Å². The Hall–Kier alpha value is -2.50.